The van der Waals surface area contributed by atoms with Crippen LogP contribution in [0.3, 0.4) is 0 Å². The molecule has 0 saturated heterocycles. The quantitative estimate of drug-likeness (QED) is 0.437. The number of aromatic nitrogens is 2. The molecule has 1 aromatic rings. The number of H-pyrrole nitrogens is 1. The zero-order chi connectivity index (χ0) is 9.56. The van der Waals surface area contributed by atoms with Gasteiger partial charge in [-0.1, -0.05) is 0 Å². The van der Waals surface area contributed by atoms with Crippen LogP contribution in [0.25, 0.3) is 0 Å². The van der Waals surface area contributed by atoms with Crippen molar-refractivity contribution >= 4 is 12.0 Å². The van der Waals surface area contributed by atoms with Crippen LogP contribution in [0.4, 0.5) is 4.79 Å². The molecule has 0 spiro atoms. The number of hydrogen-bond acceptors (Lipinski definition) is 3. The fourth-order valence-corrected chi connectivity index (χ4v) is 0.382. The summed E-state index contributed by atoms with van der Waals surface area (Å²) in [6, 6.07) is -0.833. The molecule has 1 rings (SSSR count). The molecule has 1 heterocycles. The van der Waals surface area contributed by atoms with E-state index in [9.17, 15) is 4.79 Å². The van der Waals surface area contributed by atoms with Gasteiger partial charge in [-0.3, -0.25) is 0 Å². The molecule has 0 saturated carbocycles. The molecule has 0 fully saturated rings. The maximum atomic E-state index is 9.97. The summed E-state index contributed by atoms with van der Waals surface area (Å²) in [6.45, 7) is 0. The van der Waals surface area contributed by atoms with E-state index in [-0.39, 0.29) is 5.82 Å². The minimum absolute atomic E-state index is 0.0231. The second-order valence-corrected chi connectivity index (χ2v) is 1.65. The molecule has 6 N–H and O–H groups in total. The third-order valence-electron chi connectivity index (χ3n) is 0.701. The van der Waals surface area contributed by atoms with Crippen LogP contribution < -0.4 is 11.5 Å². The number of nitrogens with one attached hydrogen (secondary N) is 1. The Morgan fingerprint density at radius 2 is 2.00 bits per heavy atom. The Bertz CT molecular complexity index is 252. The monoisotopic (exact) mass is 172 g/mol. The van der Waals surface area contributed by atoms with Crippen LogP contribution in [0.1, 0.15) is 10.6 Å². The van der Waals surface area contributed by atoms with E-state index >= 15 is 0 Å². The number of aromatic amines is 1. The van der Waals surface area contributed by atoms with Gasteiger partial charge in [0.15, 0.2) is 0 Å². The molecule has 0 unspecified atom stereocenters. The van der Waals surface area contributed by atoms with Crippen molar-refractivity contribution < 1.29 is 14.7 Å². The number of carboxylic acids is 1. The first kappa shape index (κ1) is 9.95. The molecule has 0 aliphatic carbocycles. The van der Waals surface area contributed by atoms with E-state index < -0.39 is 12.0 Å². The van der Waals surface area contributed by atoms with Gasteiger partial charge in [0, 0.05) is 12.4 Å². The van der Waals surface area contributed by atoms with Crippen LogP contribution in [-0.4, -0.2) is 27.1 Å². The van der Waals surface area contributed by atoms with Crippen molar-refractivity contribution in [3.8, 4) is 0 Å². The molecule has 2 amide bonds. The zero-order valence-corrected chi connectivity index (χ0v) is 6.02. The topological polar surface area (TPSA) is 135 Å². The number of carbonyl (C=O) groups is 2. The van der Waals surface area contributed by atoms with Crippen molar-refractivity contribution in [1.82, 2.24) is 9.97 Å². The Morgan fingerprint density at radius 3 is 2.17 bits per heavy atom. The number of aromatic carboxylic acids is 1. The molecule has 0 radical (unpaired) electrons. The number of rotatable bonds is 1. The Balaban J connectivity index is 0.000000261. The van der Waals surface area contributed by atoms with E-state index in [2.05, 4.69) is 21.4 Å². The standard InChI is InChI=1S/C4H4N2O2.CH4N2O/c7-4(8)3-5-1-2-6-3;2-1(3)4/h1-2H,(H,5,6)(H,7,8);(H4,2,3,4). The second-order valence-electron chi connectivity index (χ2n) is 1.65. The molecule has 7 heteroatoms. The Labute approximate surface area is 67.4 Å². The van der Waals surface area contributed by atoms with Crippen molar-refractivity contribution in [2.24, 2.45) is 11.5 Å². The Kier molecular flexibility index (Phi) is 3.91. The number of carboxylic acid groups (broad SMARTS) is 1. The van der Waals surface area contributed by atoms with Gasteiger partial charge in [-0.2, -0.15) is 0 Å². The predicted molar refractivity (Wildman–Crippen MR) is 39.3 cm³/mol. The number of amides is 2. The number of primary amides is 2. The lowest BCUT2D eigenvalue weighted by molar-refractivity contribution is 0.0684. The van der Waals surface area contributed by atoms with Crippen molar-refractivity contribution in [3.63, 3.8) is 0 Å². The molecule has 66 valence electrons. The highest BCUT2D eigenvalue weighted by atomic mass is 16.4. The van der Waals surface area contributed by atoms with Crippen LogP contribution in [0.2, 0.25) is 0 Å². The Hall–Kier alpha value is -2.05. The maximum Gasteiger partial charge on any atom is 0.371 e. The van der Waals surface area contributed by atoms with Crippen LogP contribution in [0.15, 0.2) is 12.4 Å². The van der Waals surface area contributed by atoms with E-state index in [1.54, 1.807) is 0 Å². The van der Waals surface area contributed by atoms with Crippen LogP contribution in [0, 0.1) is 0 Å². The van der Waals surface area contributed by atoms with Gasteiger partial charge in [0.25, 0.3) is 0 Å². The lowest BCUT2D eigenvalue weighted by Crippen LogP contribution is -2.18. The molecule has 0 atom stereocenters. The van der Waals surface area contributed by atoms with Gasteiger partial charge in [0.1, 0.15) is 0 Å². The molecular weight excluding hydrogens is 164 g/mol. The average molecular weight is 172 g/mol. The third kappa shape index (κ3) is 4.79. The normalized spacial score (nSPS) is 8.00. The highest BCUT2D eigenvalue weighted by Gasteiger charge is 2.00. The fourth-order valence-electron chi connectivity index (χ4n) is 0.382. The summed E-state index contributed by atoms with van der Waals surface area (Å²) in [5.41, 5.74) is 8.50. The van der Waals surface area contributed by atoms with Crippen molar-refractivity contribution in [1.29, 1.82) is 0 Å². The first-order valence-electron chi connectivity index (χ1n) is 2.81. The fraction of sp³-hybridized carbons (Fsp3) is 0. The van der Waals surface area contributed by atoms with E-state index in [1.165, 1.54) is 12.4 Å². The minimum Gasteiger partial charge on any atom is -0.475 e. The smallest absolute Gasteiger partial charge is 0.371 e. The minimum atomic E-state index is -1.03. The predicted octanol–water partition coefficient (Wildman–Crippen LogP) is -0.868. The number of urea groups is 1. The summed E-state index contributed by atoms with van der Waals surface area (Å²) >= 11 is 0. The summed E-state index contributed by atoms with van der Waals surface area (Å²) in [5, 5.41) is 8.18. The molecule has 0 aliphatic heterocycles. The number of hydrogen-bond donors (Lipinski definition) is 4. The summed E-state index contributed by atoms with van der Waals surface area (Å²) in [5.74, 6) is -1.06. The van der Waals surface area contributed by atoms with Crippen molar-refractivity contribution in [2.45, 2.75) is 0 Å². The summed E-state index contributed by atoms with van der Waals surface area (Å²) in [7, 11) is 0. The SMILES string of the molecule is NC(N)=O.O=C(O)c1ncc[nH]1. The van der Waals surface area contributed by atoms with Crippen molar-refractivity contribution in [3.05, 3.63) is 18.2 Å². The molecule has 7 nitrogen and oxygen atoms in total. The second kappa shape index (κ2) is 4.72. The van der Waals surface area contributed by atoms with Gasteiger partial charge in [-0.05, 0) is 0 Å². The summed E-state index contributed by atoms with van der Waals surface area (Å²) in [4.78, 5) is 24.9. The number of nitrogens with zero attached hydrogens (tertiary/aromatic N) is 1. The number of imidazole rings is 1. The largest absolute Gasteiger partial charge is 0.475 e. The lowest BCUT2D eigenvalue weighted by Gasteiger charge is -1.79. The molecule has 0 aliphatic rings. The summed E-state index contributed by atoms with van der Waals surface area (Å²) in [6.07, 6.45) is 2.85. The van der Waals surface area contributed by atoms with E-state index in [4.69, 9.17) is 9.90 Å². The molecule has 0 aromatic carbocycles. The highest BCUT2D eigenvalue weighted by molar-refractivity contribution is 5.82. The van der Waals surface area contributed by atoms with Gasteiger partial charge in [-0.15, -0.1) is 0 Å². The number of carbonyl (C=O) groups excluding carboxylic acids is 1. The van der Waals surface area contributed by atoms with Crippen molar-refractivity contribution in [2.75, 3.05) is 0 Å². The van der Waals surface area contributed by atoms with Gasteiger partial charge in [-0.25, -0.2) is 14.6 Å². The number of nitrogens with two attached hydrogens (primary N) is 2. The summed E-state index contributed by atoms with van der Waals surface area (Å²) < 4.78 is 0. The first-order chi connectivity index (χ1) is 5.54. The Morgan fingerprint density at radius 1 is 1.50 bits per heavy atom. The van der Waals surface area contributed by atoms with Crippen LogP contribution in [-0.2, 0) is 0 Å². The molecule has 1 aromatic heterocycles. The average Bonchev–Trinajstić information content (AvgIpc) is 2.34. The van der Waals surface area contributed by atoms with Crippen LogP contribution in [0.5, 0.6) is 0 Å². The van der Waals surface area contributed by atoms with Crippen LogP contribution >= 0.6 is 0 Å². The van der Waals surface area contributed by atoms with Gasteiger partial charge in [0.2, 0.25) is 5.82 Å². The van der Waals surface area contributed by atoms with Gasteiger partial charge in [0.05, 0.1) is 0 Å². The zero-order valence-electron chi connectivity index (χ0n) is 6.02. The third-order valence-corrected chi connectivity index (χ3v) is 0.701. The van der Waals surface area contributed by atoms with Gasteiger partial charge < -0.3 is 21.6 Å². The van der Waals surface area contributed by atoms with E-state index in [1.807, 2.05) is 0 Å². The molecule has 12 heavy (non-hydrogen) atoms. The highest BCUT2D eigenvalue weighted by Crippen LogP contribution is 1.84. The van der Waals surface area contributed by atoms with Gasteiger partial charge >= 0.3 is 12.0 Å². The maximum absolute atomic E-state index is 9.97. The van der Waals surface area contributed by atoms with E-state index in [0.717, 1.165) is 0 Å². The lowest BCUT2D eigenvalue weighted by atomic mass is 10.7. The molecule has 0 bridgehead atoms. The first-order valence-corrected chi connectivity index (χ1v) is 2.81. The van der Waals surface area contributed by atoms with E-state index in [0.29, 0.717) is 0 Å². The molecular formula is C5H8N4O3.